The van der Waals surface area contributed by atoms with E-state index in [-0.39, 0.29) is 34.9 Å². The molecule has 5 aliphatic rings. The van der Waals surface area contributed by atoms with Crippen LogP contribution in [0.25, 0.3) is 0 Å². The van der Waals surface area contributed by atoms with Crippen molar-refractivity contribution in [2.75, 3.05) is 0 Å². The molecule has 5 aliphatic carbocycles. The number of carboxylic acids is 1. The van der Waals surface area contributed by atoms with Gasteiger partial charge in [-0.15, -0.1) is 0 Å². The third-order valence-corrected chi connectivity index (χ3v) is 13.7. The molecule has 4 N–H and O–H groups in total. The number of rotatable bonds is 8. The predicted octanol–water partition coefficient (Wildman–Crippen LogP) is 6.18. The Balaban J connectivity index is 1.63. The first-order valence-corrected chi connectivity index (χ1v) is 17.3. The Labute approximate surface area is 263 Å². The van der Waals surface area contributed by atoms with E-state index in [1.54, 1.807) is 0 Å². The standard InChI is InChI=1S/C37H56O7/c1-21(2)10-14-34(5)28-19-26(39)31-32-27(40)20-37(13-9-7-8-12-36(28,32)15-11-29(34)41)25(18-30(42)35(31,37)6)22(3)16-24(38)17-23(4)33(43)44/h17,21-22,24-26,28,30,38-39,42H,7-16,18-20H2,1-6H3,(H,43,44). The summed E-state index contributed by atoms with van der Waals surface area (Å²) in [6, 6.07) is 0. The molecule has 0 aromatic rings. The fraction of sp³-hybridized carbons (Fsp3) is 0.811. The summed E-state index contributed by atoms with van der Waals surface area (Å²) in [6.45, 7) is 12.1. The van der Waals surface area contributed by atoms with Gasteiger partial charge < -0.3 is 20.4 Å². The van der Waals surface area contributed by atoms with Gasteiger partial charge in [-0.1, -0.05) is 60.3 Å². The van der Waals surface area contributed by atoms with Crippen LogP contribution < -0.4 is 0 Å². The van der Waals surface area contributed by atoms with Gasteiger partial charge in [0, 0.05) is 40.2 Å². The Morgan fingerprint density at radius 1 is 1.02 bits per heavy atom. The smallest absolute Gasteiger partial charge is 0.331 e. The Bertz CT molecular complexity index is 1250. The van der Waals surface area contributed by atoms with Crippen molar-refractivity contribution in [1.82, 2.24) is 0 Å². The van der Waals surface area contributed by atoms with Crippen LogP contribution in [-0.2, 0) is 14.4 Å². The number of aliphatic hydroxyl groups is 3. The van der Waals surface area contributed by atoms with Crippen LogP contribution >= 0.6 is 0 Å². The van der Waals surface area contributed by atoms with Gasteiger partial charge in [-0.2, -0.15) is 0 Å². The van der Waals surface area contributed by atoms with Gasteiger partial charge in [0.2, 0.25) is 0 Å². The van der Waals surface area contributed by atoms with Crippen molar-refractivity contribution >= 4 is 17.5 Å². The van der Waals surface area contributed by atoms with Crippen molar-refractivity contribution in [3.63, 3.8) is 0 Å². The molecular weight excluding hydrogens is 556 g/mol. The van der Waals surface area contributed by atoms with Gasteiger partial charge >= 0.3 is 5.97 Å². The topological polar surface area (TPSA) is 132 Å². The minimum absolute atomic E-state index is 0.0711. The van der Waals surface area contributed by atoms with E-state index in [1.165, 1.54) is 13.0 Å². The van der Waals surface area contributed by atoms with Gasteiger partial charge in [0.25, 0.3) is 0 Å². The summed E-state index contributed by atoms with van der Waals surface area (Å²) in [6.07, 6.45) is 7.69. The summed E-state index contributed by atoms with van der Waals surface area (Å²) in [4.78, 5) is 39.9. The second-order valence-electron chi connectivity index (χ2n) is 16.3. The van der Waals surface area contributed by atoms with Gasteiger partial charge in [0.15, 0.2) is 5.78 Å². The van der Waals surface area contributed by atoms with Gasteiger partial charge in [0.05, 0.1) is 18.3 Å². The van der Waals surface area contributed by atoms with E-state index in [0.717, 1.165) is 56.1 Å². The molecule has 7 heteroatoms. The van der Waals surface area contributed by atoms with Crippen molar-refractivity contribution in [3.05, 3.63) is 22.8 Å². The lowest BCUT2D eigenvalue weighted by molar-refractivity contribution is -0.152. The second kappa shape index (κ2) is 11.8. The van der Waals surface area contributed by atoms with E-state index < -0.39 is 45.9 Å². The fourth-order valence-corrected chi connectivity index (χ4v) is 11.4. The number of allylic oxidation sites excluding steroid dienone is 1. The summed E-state index contributed by atoms with van der Waals surface area (Å²) < 4.78 is 0. The highest BCUT2D eigenvalue weighted by atomic mass is 16.4. The normalized spacial score (nSPS) is 42.3. The molecule has 0 amide bonds. The number of hydrogen-bond acceptors (Lipinski definition) is 6. The van der Waals surface area contributed by atoms with E-state index in [4.69, 9.17) is 0 Å². The maximum Gasteiger partial charge on any atom is 0.331 e. The molecule has 0 radical (unpaired) electrons. The van der Waals surface area contributed by atoms with E-state index >= 15 is 0 Å². The molecule has 3 fully saturated rings. The molecule has 0 aromatic heterocycles. The molecule has 0 saturated heterocycles. The SMILES string of the molecule is CC(=CC(O)CC(C)C1CC(O)C2(C)C3=C4C(=O)CC12CCCCCC41CCC(=O)C(C)(CCC(C)C)C1CC3O)C(=O)O. The number of Topliss-reactive ketones (excluding diaryl/α,β-unsaturated/α-hetero) is 2. The number of ketones is 2. The Morgan fingerprint density at radius 3 is 2.36 bits per heavy atom. The largest absolute Gasteiger partial charge is 0.478 e. The van der Waals surface area contributed by atoms with Crippen LogP contribution in [0, 0.1) is 45.3 Å². The van der Waals surface area contributed by atoms with Gasteiger partial charge in [-0.05, 0) is 92.6 Å². The van der Waals surface area contributed by atoms with Crippen LogP contribution in [-0.4, -0.2) is 56.3 Å². The first-order chi connectivity index (χ1) is 20.5. The molecule has 2 spiro atoms. The van der Waals surface area contributed by atoms with E-state index in [1.807, 2.05) is 0 Å². The van der Waals surface area contributed by atoms with Crippen molar-refractivity contribution in [1.29, 1.82) is 0 Å². The maximum atomic E-state index is 14.8. The molecule has 0 aromatic carbocycles. The number of hydrogen-bond donors (Lipinski definition) is 4. The number of aliphatic carboxylic acids is 1. The Kier molecular flexibility index (Phi) is 8.96. The minimum Gasteiger partial charge on any atom is -0.478 e. The molecular formula is C37H56O7. The monoisotopic (exact) mass is 612 g/mol. The van der Waals surface area contributed by atoms with E-state index in [2.05, 4.69) is 34.6 Å². The van der Waals surface area contributed by atoms with Crippen molar-refractivity contribution < 1.29 is 34.8 Å². The number of fused-ring (bicyclic) bond motifs is 2. The average molecular weight is 613 g/mol. The number of carbonyl (C=O) groups excluding carboxylic acids is 2. The molecule has 10 atom stereocenters. The average Bonchev–Trinajstić information content (AvgIpc) is 3.17. The number of carboxylic acid groups (broad SMARTS) is 1. The van der Waals surface area contributed by atoms with Crippen LogP contribution in [0.15, 0.2) is 22.8 Å². The lowest BCUT2D eigenvalue weighted by Gasteiger charge is -2.64. The summed E-state index contributed by atoms with van der Waals surface area (Å²) in [5, 5.41) is 44.4. The zero-order valence-electron chi connectivity index (χ0n) is 27.8. The predicted molar refractivity (Wildman–Crippen MR) is 169 cm³/mol. The van der Waals surface area contributed by atoms with Crippen LogP contribution in [0.3, 0.4) is 0 Å². The lowest BCUT2D eigenvalue weighted by atomic mass is 9.39. The lowest BCUT2D eigenvalue weighted by Crippen LogP contribution is -2.62. The van der Waals surface area contributed by atoms with Crippen LogP contribution in [0.1, 0.15) is 125 Å². The third kappa shape index (κ3) is 4.90. The number of carbonyl (C=O) groups is 3. The first kappa shape index (κ1) is 33.5. The maximum absolute atomic E-state index is 14.8. The summed E-state index contributed by atoms with van der Waals surface area (Å²) >= 11 is 0. The van der Waals surface area contributed by atoms with Crippen LogP contribution in [0.5, 0.6) is 0 Å². The molecule has 2 bridgehead atoms. The van der Waals surface area contributed by atoms with Crippen LogP contribution in [0.2, 0.25) is 0 Å². The van der Waals surface area contributed by atoms with Gasteiger partial charge in [-0.25, -0.2) is 4.79 Å². The molecule has 44 heavy (non-hydrogen) atoms. The second-order valence-corrected chi connectivity index (χ2v) is 16.3. The zero-order valence-corrected chi connectivity index (χ0v) is 27.8. The molecule has 10 unspecified atom stereocenters. The third-order valence-electron chi connectivity index (χ3n) is 13.7. The zero-order chi connectivity index (χ0) is 32.4. The summed E-state index contributed by atoms with van der Waals surface area (Å²) in [7, 11) is 0. The first-order valence-electron chi connectivity index (χ1n) is 17.3. The van der Waals surface area contributed by atoms with Crippen molar-refractivity contribution in [3.8, 4) is 0 Å². The summed E-state index contributed by atoms with van der Waals surface area (Å²) in [5.74, 6) is -0.494. The highest BCUT2D eigenvalue weighted by Gasteiger charge is 2.72. The molecule has 7 nitrogen and oxygen atoms in total. The number of aliphatic hydroxyl groups excluding tert-OH is 3. The quantitative estimate of drug-likeness (QED) is 0.241. The Hall–Kier alpha value is -1.83. The highest BCUT2D eigenvalue weighted by Crippen LogP contribution is 2.74. The van der Waals surface area contributed by atoms with Crippen molar-refractivity contribution in [2.24, 2.45) is 45.3 Å². The van der Waals surface area contributed by atoms with Gasteiger partial charge in [-0.3, -0.25) is 9.59 Å². The van der Waals surface area contributed by atoms with Gasteiger partial charge in [0.1, 0.15) is 5.78 Å². The van der Waals surface area contributed by atoms with Crippen molar-refractivity contribution in [2.45, 2.75) is 143 Å². The van der Waals surface area contributed by atoms with Crippen LogP contribution in [0.4, 0.5) is 0 Å². The molecule has 3 saturated carbocycles. The molecule has 5 rings (SSSR count). The fourth-order valence-electron chi connectivity index (χ4n) is 11.4. The minimum atomic E-state index is -1.06. The molecule has 246 valence electrons. The molecule has 0 heterocycles. The van der Waals surface area contributed by atoms with E-state index in [0.29, 0.717) is 44.4 Å². The van der Waals surface area contributed by atoms with E-state index in [9.17, 15) is 34.8 Å². The molecule has 0 aliphatic heterocycles. The Morgan fingerprint density at radius 2 is 1.70 bits per heavy atom. The highest BCUT2D eigenvalue weighted by molar-refractivity contribution is 6.01. The summed E-state index contributed by atoms with van der Waals surface area (Å²) in [5.41, 5.74) is -0.796.